The molecule has 0 fully saturated rings. The number of aromatic nitrogens is 2. The molecule has 0 saturated carbocycles. The summed E-state index contributed by atoms with van der Waals surface area (Å²) in [4.78, 5) is 4.82. The van der Waals surface area contributed by atoms with Gasteiger partial charge in [-0.1, -0.05) is 0 Å². The van der Waals surface area contributed by atoms with Crippen molar-refractivity contribution in [3.8, 4) is 0 Å². The van der Waals surface area contributed by atoms with Gasteiger partial charge in [0.05, 0.1) is 0 Å². The fraction of sp³-hybridized carbons (Fsp3) is 0. The Morgan fingerprint density at radius 2 is 0.963 bits per heavy atom. The molecule has 4 aromatic rings. The fourth-order valence-electron chi connectivity index (χ4n) is 3.56. The summed E-state index contributed by atoms with van der Waals surface area (Å²) in [6.45, 7) is 0. The number of rotatable bonds is 4. The zero-order chi connectivity index (χ0) is 18.9. The molecule has 0 radical (unpaired) electrons. The molecule has 1 aromatic heterocycles. The number of benzene rings is 3. The van der Waals surface area contributed by atoms with Crippen LogP contribution in [0.3, 0.4) is 0 Å². The summed E-state index contributed by atoms with van der Waals surface area (Å²) in [5.41, 5.74) is 0. The molecule has 0 bridgehead atoms. The van der Waals surface area contributed by atoms with Crippen molar-refractivity contribution in [3.63, 3.8) is 0 Å². The van der Waals surface area contributed by atoms with Crippen LogP contribution in [0.5, 0.6) is 0 Å². The van der Waals surface area contributed by atoms with Crippen LogP contribution in [0.15, 0.2) is 91.0 Å². The minimum absolute atomic E-state index is 1.03. The number of halogens is 3. The molecule has 4 rings (SSSR count). The predicted octanol–water partition coefficient (Wildman–Crippen LogP) is 5.19. The molecule has 0 aliphatic heterocycles. The van der Waals surface area contributed by atoms with Crippen LogP contribution in [0, 0.1) is 11.2 Å². The average molecular weight is 708 g/mol. The Morgan fingerprint density at radius 3 is 1.26 bits per heavy atom. The zero-order valence-corrected chi connectivity index (χ0v) is 21.7. The number of hydrogen-bond donors (Lipinski definition) is 0. The van der Waals surface area contributed by atoms with E-state index in [1.54, 1.807) is 0 Å². The van der Waals surface area contributed by atoms with E-state index in [0.717, 1.165) is 7.53 Å². The second-order valence-electron chi connectivity index (χ2n) is 6.11. The number of nitrogens with zero attached hydrogens (tertiary/aromatic N) is 2. The molecular formula is C21H16I3N2P. The van der Waals surface area contributed by atoms with Gasteiger partial charge in [0.1, 0.15) is 0 Å². The van der Waals surface area contributed by atoms with E-state index in [0.29, 0.717) is 0 Å². The van der Waals surface area contributed by atoms with Crippen molar-refractivity contribution in [2.75, 3.05) is 0 Å². The first kappa shape index (κ1) is 19.8. The van der Waals surface area contributed by atoms with Gasteiger partial charge in [-0.2, -0.15) is 0 Å². The van der Waals surface area contributed by atoms with Crippen molar-refractivity contribution in [1.29, 1.82) is 0 Å². The Bertz CT molecular complexity index is 954. The van der Waals surface area contributed by atoms with Gasteiger partial charge in [0.15, 0.2) is 0 Å². The second-order valence-corrected chi connectivity index (χ2v) is 12.7. The van der Waals surface area contributed by atoms with Gasteiger partial charge in [0, 0.05) is 0 Å². The molecular weight excluding hydrogens is 692 g/mol. The van der Waals surface area contributed by atoms with Crippen LogP contribution < -0.4 is 15.9 Å². The number of imidazole rings is 1. The van der Waals surface area contributed by atoms with E-state index in [1.165, 1.54) is 19.6 Å². The zero-order valence-electron chi connectivity index (χ0n) is 14.2. The van der Waals surface area contributed by atoms with Crippen LogP contribution in [0.1, 0.15) is 0 Å². The van der Waals surface area contributed by atoms with Gasteiger partial charge in [-0.15, -0.1) is 0 Å². The third-order valence-electron chi connectivity index (χ3n) is 4.65. The molecule has 0 spiro atoms. The first-order valence-electron chi connectivity index (χ1n) is 8.42. The summed E-state index contributed by atoms with van der Waals surface area (Å²) in [5.74, 6) is 0. The second kappa shape index (κ2) is 8.47. The molecule has 3 aromatic carbocycles. The standard InChI is InChI=1S/C21H16I3N2P/c22-19-20(23)26(21(24)25-19)27(16-10-4-1-5-11-16,17-12-6-2-7-13-17)18-14-8-3-9-15-18/h1-15,27H. The molecule has 2 nitrogen and oxygen atoms in total. The van der Waals surface area contributed by atoms with E-state index in [9.17, 15) is 0 Å². The van der Waals surface area contributed by atoms with E-state index in [4.69, 9.17) is 4.98 Å². The maximum atomic E-state index is 4.82. The van der Waals surface area contributed by atoms with Crippen molar-refractivity contribution >= 4 is 91.1 Å². The summed E-state index contributed by atoms with van der Waals surface area (Å²) in [5, 5.41) is 4.06. The van der Waals surface area contributed by atoms with Gasteiger partial charge < -0.3 is 0 Å². The molecule has 6 heteroatoms. The van der Waals surface area contributed by atoms with E-state index in [1.807, 2.05) is 0 Å². The molecule has 0 aliphatic rings. The first-order valence-corrected chi connectivity index (χ1v) is 13.6. The molecule has 27 heavy (non-hydrogen) atoms. The Balaban J connectivity index is 2.20. The minimum atomic E-state index is -2.53. The molecule has 0 unspecified atom stereocenters. The summed E-state index contributed by atoms with van der Waals surface area (Å²) in [7, 11) is -2.53. The van der Waals surface area contributed by atoms with Crippen molar-refractivity contribution in [2.45, 2.75) is 0 Å². The van der Waals surface area contributed by atoms with E-state index in [2.05, 4.69) is 163 Å². The van der Waals surface area contributed by atoms with Crippen molar-refractivity contribution in [3.05, 3.63) is 102 Å². The van der Waals surface area contributed by atoms with E-state index < -0.39 is 7.41 Å². The van der Waals surface area contributed by atoms with Crippen LogP contribution in [0.25, 0.3) is 0 Å². The van der Waals surface area contributed by atoms with Gasteiger partial charge in [0.2, 0.25) is 0 Å². The van der Waals surface area contributed by atoms with Crippen molar-refractivity contribution in [1.82, 2.24) is 9.32 Å². The molecule has 0 N–H and O–H groups in total. The van der Waals surface area contributed by atoms with Gasteiger partial charge >= 0.3 is 203 Å². The van der Waals surface area contributed by atoms with Crippen LogP contribution in [-0.2, 0) is 0 Å². The third kappa shape index (κ3) is 3.49. The summed E-state index contributed by atoms with van der Waals surface area (Å²) in [6, 6.07) is 32.7. The van der Waals surface area contributed by atoms with Gasteiger partial charge in [-0.05, 0) is 0 Å². The van der Waals surface area contributed by atoms with E-state index >= 15 is 0 Å². The Kier molecular flexibility index (Phi) is 6.21. The summed E-state index contributed by atoms with van der Waals surface area (Å²) >= 11 is 7.19. The Morgan fingerprint density at radius 1 is 0.593 bits per heavy atom. The SMILES string of the molecule is Ic1nc(I)n([PH](c2ccccc2)(c2ccccc2)c2ccccc2)c1I. The molecule has 0 atom stereocenters. The molecule has 0 amide bonds. The normalized spacial score (nSPS) is 12.1. The van der Waals surface area contributed by atoms with Gasteiger partial charge in [0.25, 0.3) is 0 Å². The van der Waals surface area contributed by atoms with Crippen molar-refractivity contribution < 1.29 is 0 Å². The molecule has 136 valence electrons. The van der Waals surface area contributed by atoms with Gasteiger partial charge in [-0.25, -0.2) is 0 Å². The van der Waals surface area contributed by atoms with Crippen LogP contribution in [0.4, 0.5) is 0 Å². The summed E-state index contributed by atoms with van der Waals surface area (Å²) < 4.78 is 5.78. The van der Waals surface area contributed by atoms with Crippen LogP contribution >= 0.6 is 75.2 Å². The summed E-state index contributed by atoms with van der Waals surface area (Å²) in [6.07, 6.45) is 0. The van der Waals surface area contributed by atoms with Crippen molar-refractivity contribution in [2.24, 2.45) is 0 Å². The molecule has 1 heterocycles. The maximum absolute atomic E-state index is 4.82. The van der Waals surface area contributed by atoms with Crippen LogP contribution in [-0.4, -0.2) is 9.32 Å². The monoisotopic (exact) mass is 708 g/mol. The first-order chi connectivity index (χ1) is 13.2. The fourth-order valence-corrected chi connectivity index (χ4v) is 12.7. The van der Waals surface area contributed by atoms with Gasteiger partial charge in [-0.3, -0.25) is 0 Å². The molecule has 0 saturated heterocycles. The topological polar surface area (TPSA) is 17.8 Å². The van der Waals surface area contributed by atoms with E-state index in [-0.39, 0.29) is 0 Å². The van der Waals surface area contributed by atoms with Crippen LogP contribution in [0.2, 0.25) is 0 Å². The predicted molar refractivity (Wildman–Crippen MR) is 142 cm³/mol. The molecule has 0 aliphatic carbocycles. The quantitative estimate of drug-likeness (QED) is 0.211. The average Bonchev–Trinajstić information content (AvgIpc) is 2.98. The third-order valence-corrected chi connectivity index (χ3v) is 13.7. The Labute approximate surface area is 200 Å². The number of hydrogen-bond acceptors (Lipinski definition) is 1. The Hall–Kier alpha value is -0.510.